The quantitative estimate of drug-likeness (QED) is 0.926. The standard InChI is InChI=1S/C18H21NO2S/c1-13-3-5-14(6-4-13)16-8-7-15(22-16)11-19-10-9-18(2,12-19)17(20)21/h3-8H,9-12H2,1-2H3,(H,20,21). The SMILES string of the molecule is Cc1ccc(-c2ccc(CN3CCC(C)(C(=O)O)C3)s2)cc1. The molecule has 3 nitrogen and oxygen atoms in total. The Bertz CT molecular complexity index is 677. The Hall–Kier alpha value is -1.65. The van der Waals surface area contributed by atoms with Gasteiger partial charge in [-0.05, 0) is 44.5 Å². The molecular weight excluding hydrogens is 294 g/mol. The Morgan fingerprint density at radius 1 is 1.27 bits per heavy atom. The molecule has 0 amide bonds. The summed E-state index contributed by atoms with van der Waals surface area (Å²) in [4.78, 5) is 16.1. The van der Waals surface area contributed by atoms with Gasteiger partial charge in [-0.2, -0.15) is 0 Å². The minimum Gasteiger partial charge on any atom is -0.481 e. The van der Waals surface area contributed by atoms with Crippen molar-refractivity contribution in [3.05, 3.63) is 46.8 Å². The zero-order valence-corrected chi connectivity index (χ0v) is 13.8. The molecule has 1 aliphatic heterocycles. The van der Waals surface area contributed by atoms with Crippen LogP contribution in [-0.2, 0) is 11.3 Å². The summed E-state index contributed by atoms with van der Waals surface area (Å²) in [5.41, 5.74) is 1.93. The van der Waals surface area contributed by atoms with E-state index in [0.717, 1.165) is 19.5 Å². The number of thiophene rings is 1. The number of benzene rings is 1. The van der Waals surface area contributed by atoms with Gasteiger partial charge < -0.3 is 5.11 Å². The van der Waals surface area contributed by atoms with E-state index in [1.165, 1.54) is 20.9 Å². The number of rotatable bonds is 4. The fourth-order valence-corrected chi connectivity index (χ4v) is 3.98. The van der Waals surface area contributed by atoms with Crippen LogP contribution in [0.25, 0.3) is 10.4 Å². The van der Waals surface area contributed by atoms with Gasteiger partial charge in [0.2, 0.25) is 0 Å². The zero-order valence-electron chi connectivity index (χ0n) is 13.0. The summed E-state index contributed by atoms with van der Waals surface area (Å²) >= 11 is 1.80. The molecular formula is C18H21NO2S. The second-order valence-corrected chi connectivity index (χ2v) is 7.63. The highest BCUT2D eigenvalue weighted by atomic mass is 32.1. The van der Waals surface area contributed by atoms with Crippen LogP contribution in [0, 0.1) is 12.3 Å². The predicted octanol–water partition coefficient (Wildman–Crippen LogP) is 4.02. The van der Waals surface area contributed by atoms with E-state index in [1.807, 2.05) is 6.92 Å². The van der Waals surface area contributed by atoms with Gasteiger partial charge in [0.1, 0.15) is 0 Å². The summed E-state index contributed by atoms with van der Waals surface area (Å²) in [5, 5.41) is 9.31. The van der Waals surface area contributed by atoms with Crippen LogP contribution in [0.3, 0.4) is 0 Å². The highest BCUT2D eigenvalue weighted by Gasteiger charge is 2.40. The van der Waals surface area contributed by atoms with Crippen LogP contribution in [0.4, 0.5) is 0 Å². The van der Waals surface area contributed by atoms with Crippen molar-refractivity contribution >= 4 is 17.3 Å². The van der Waals surface area contributed by atoms with Gasteiger partial charge in [0.05, 0.1) is 5.41 Å². The lowest BCUT2D eigenvalue weighted by Crippen LogP contribution is -2.31. The summed E-state index contributed by atoms with van der Waals surface area (Å²) in [7, 11) is 0. The lowest BCUT2D eigenvalue weighted by Gasteiger charge is -2.19. The lowest BCUT2D eigenvalue weighted by molar-refractivity contribution is -0.147. The third-order valence-corrected chi connectivity index (χ3v) is 5.56. The summed E-state index contributed by atoms with van der Waals surface area (Å²) in [6, 6.07) is 12.9. The van der Waals surface area contributed by atoms with Crippen LogP contribution in [0.15, 0.2) is 36.4 Å². The number of carboxylic acids is 1. The molecule has 1 aromatic carbocycles. The molecule has 0 radical (unpaired) electrons. The number of hydrogen-bond acceptors (Lipinski definition) is 3. The molecule has 0 spiro atoms. The zero-order chi connectivity index (χ0) is 15.7. The molecule has 1 aromatic heterocycles. The average molecular weight is 315 g/mol. The number of nitrogens with zero attached hydrogens (tertiary/aromatic N) is 1. The van der Waals surface area contributed by atoms with Crippen molar-refractivity contribution < 1.29 is 9.90 Å². The van der Waals surface area contributed by atoms with Gasteiger partial charge in [-0.3, -0.25) is 9.69 Å². The molecule has 1 fully saturated rings. The molecule has 0 aliphatic carbocycles. The Kier molecular flexibility index (Phi) is 4.06. The Balaban J connectivity index is 1.68. The van der Waals surface area contributed by atoms with E-state index in [9.17, 15) is 9.90 Å². The van der Waals surface area contributed by atoms with Gasteiger partial charge in [-0.25, -0.2) is 0 Å². The second-order valence-electron chi connectivity index (χ2n) is 6.46. The molecule has 116 valence electrons. The number of carbonyl (C=O) groups is 1. The van der Waals surface area contributed by atoms with Gasteiger partial charge in [-0.1, -0.05) is 29.8 Å². The van der Waals surface area contributed by atoms with Gasteiger partial charge >= 0.3 is 5.97 Å². The second kappa shape index (κ2) is 5.86. The third kappa shape index (κ3) is 3.08. The highest BCUT2D eigenvalue weighted by molar-refractivity contribution is 7.15. The van der Waals surface area contributed by atoms with E-state index in [-0.39, 0.29) is 0 Å². The maximum Gasteiger partial charge on any atom is 0.310 e. The number of aryl methyl sites for hydroxylation is 1. The van der Waals surface area contributed by atoms with Crippen molar-refractivity contribution in [2.75, 3.05) is 13.1 Å². The maximum atomic E-state index is 11.3. The minimum absolute atomic E-state index is 0.586. The molecule has 0 saturated carbocycles. The molecule has 3 rings (SSSR count). The molecule has 2 heterocycles. The lowest BCUT2D eigenvalue weighted by atomic mass is 9.90. The van der Waals surface area contributed by atoms with Crippen LogP contribution in [0.2, 0.25) is 0 Å². The van der Waals surface area contributed by atoms with Crippen molar-refractivity contribution in [3.63, 3.8) is 0 Å². The molecule has 1 saturated heterocycles. The van der Waals surface area contributed by atoms with E-state index >= 15 is 0 Å². The summed E-state index contributed by atoms with van der Waals surface area (Å²) in [6.45, 7) is 6.29. The van der Waals surface area contributed by atoms with Crippen LogP contribution >= 0.6 is 11.3 Å². The van der Waals surface area contributed by atoms with Crippen molar-refractivity contribution in [2.24, 2.45) is 5.41 Å². The molecule has 0 bridgehead atoms. The highest BCUT2D eigenvalue weighted by Crippen LogP contribution is 2.33. The molecule has 22 heavy (non-hydrogen) atoms. The van der Waals surface area contributed by atoms with Gasteiger partial charge in [-0.15, -0.1) is 11.3 Å². The number of carboxylic acid groups (broad SMARTS) is 1. The van der Waals surface area contributed by atoms with E-state index in [2.05, 4.69) is 48.2 Å². The van der Waals surface area contributed by atoms with Crippen LogP contribution in [0.1, 0.15) is 23.8 Å². The fraction of sp³-hybridized carbons (Fsp3) is 0.389. The van der Waals surface area contributed by atoms with E-state index in [1.54, 1.807) is 11.3 Å². The van der Waals surface area contributed by atoms with Gasteiger partial charge in [0, 0.05) is 22.8 Å². The molecule has 1 atom stereocenters. The normalized spacial score (nSPS) is 22.1. The van der Waals surface area contributed by atoms with Gasteiger partial charge in [0.25, 0.3) is 0 Å². The molecule has 1 aliphatic rings. The first kappa shape index (κ1) is 15.3. The molecule has 1 unspecified atom stereocenters. The van der Waals surface area contributed by atoms with E-state index in [4.69, 9.17) is 0 Å². The number of aliphatic carboxylic acids is 1. The first-order valence-corrected chi connectivity index (χ1v) is 8.39. The largest absolute Gasteiger partial charge is 0.481 e. The molecule has 1 N–H and O–H groups in total. The Morgan fingerprint density at radius 3 is 2.64 bits per heavy atom. The van der Waals surface area contributed by atoms with Gasteiger partial charge in [0.15, 0.2) is 0 Å². The third-order valence-electron chi connectivity index (χ3n) is 4.45. The topological polar surface area (TPSA) is 40.5 Å². The van der Waals surface area contributed by atoms with Crippen molar-refractivity contribution in [1.82, 2.24) is 4.90 Å². The van der Waals surface area contributed by atoms with Crippen molar-refractivity contribution in [2.45, 2.75) is 26.8 Å². The van der Waals surface area contributed by atoms with E-state index in [0.29, 0.717) is 6.54 Å². The smallest absolute Gasteiger partial charge is 0.310 e. The van der Waals surface area contributed by atoms with Crippen molar-refractivity contribution in [3.8, 4) is 10.4 Å². The Morgan fingerprint density at radius 2 is 2.00 bits per heavy atom. The average Bonchev–Trinajstić information content (AvgIpc) is 3.08. The monoisotopic (exact) mass is 315 g/mol. The summed E-state index contributed by atoms with van der Waals surface area (Å²) in [5.74, 6) is -0.679. The number of hydrogen-bond donors (Lipinski definition) is 1. The summed E-state index contributed by atoms with van der Waals surface area (Å²) < 4.78 is 0. The van der Waals surface area contributed by atoms with Crippen molar-refractivity contribution in [1.29, 1.82) is 0 Å². The summed E-state index contributed by atoms with van der Waals surface area (Å²) in [6.07, 6.45) is 0.735. The molecule has 2 aromatic rings. The Labute approximate surface area is 135 Å². The minimum atomic E-state index is -0.679. The van der Waals surface area contributed by atoms with Crippen LogP contribution in [0.5, 0.6) is 0 Å². The fourth-order valence-electron chi connectivity index (χ4n) is 2.92. The van der Waals surface area contributed by atoms with Crippen LogP contribution < -0.4 is 0 Å². The predicted molar refractivity (Wildman–Crippen MR) is 90.1 cm³/mol. The number of likely N-dealkylation sites (tertiary alicyclic amines) is 1. The maximum absolute atomic E-state index is 11.3. The van der Waals surface area contributed by atoms with E-state index < -0.39 is 11.4 Å². The molecule has 4 heteroatoms. The van der Waals surface area contributed by atoms with Crippen LogP contribution in [-0.4, -0.2) is 29.1 Å². The first-order valence-electron chi connectivity index (χ1n) is 7.58. The first-order chi connectivity index (χ1) is 10.5.